The molecule has 1 heterocycles. The minimum Gasteiger partial charge on any atom is -0.481 e. The molecule has 10 heteroatoms. The number of nitrogens with zero attached hydrogens (tertiary/aromatic N) is 1. The van der Waals surface area contributed by atoms with E-state index in [1.165, 1.54) is 12.1 Å². The van der Waals surface area contributed by atoms with Crippen molar-refractivity contribution in [3.8, 4) is 11.1 Å². The van der Waals surface area contributed by atoms with Gasteiger partial charge in [-0.2, -0.15) is 0 Å². The van der Waals surface area contributed by atoms with Gasteiger partial charge >= 0.3 is 5.97 Å². The summed E-state index contributed by atoms with van der Waals surface area (Å²) in [6.07, 6.45) is 1.02. The minimum atomic E-state index is -1.09. The third-order valence-electron chi connectivity index (χ3n) is 5.98. The van der Waals surface area contributed by atoms with Crippen LogP contribution in [0.3, 0.4) is 0 Å². The summed E-state index contributed by atoms with van der Waals surface area (Å²) < 4.78 is 13.8. The number of carboxylic acids is 1. The number of halogens is 2. The van der Waals surface area contributed by atoms with Crippen molar-refractivity contribution in [3.05, 3.63) is 89.0 Å². The quantitative estimate of drug-likeness (QED) is 0.219. The average molecular weight is 537 g/mol. The first-order valence-electron chi connectivity index (χ1n) is 12.1. The Labute approximate surface area is 223 Å². The number of hydrogen-bond acceptors (Lipinski definition) is 4. The number of fused-ring (bicyclic) bond motifs is 1. The van der Waals surface area contributed by atoms with Crippen LogP contribution in [-0.2, 0) is 20.8 Å². The van der Waals surface area contributed by atoms with Crippen LogP contribution in [0, 0.1) is 5.82 Å². The minimum absolute atomic E-state index is 0.0212. The van der Waals surface area contributed by atoms with Crippen molar-refractivity contribution in [2.75, 3.05) is 6.54 Å². The summed E-state index contributed by atoms with van der Waals surface area (Å²) in [6.45, 7) is -0.276. The number of aromatic nitrogens is 2. The van der Waals surface area contributed by atoms with E-state index in [9.17, 15) is 23.9 Å². The molecular weight excluding hydrogens is 511 g/mol. The van der Waals surface area contributed by atoms with Crippen molar-refractivity contribution in [1.29, 1.82) is 0 Å². The zero-order valence-corrected chi connectivity index (χ0v) is 21.1. The Morgan fingerprint density at radius 2 is 1.74 bits per heavy atom. The molecule has 0 aliphatic carbocycles. The summed E-state index contributed by atoms with van der Waals surface area (Å²) in [5, 5.41) is 14.6. The molecule has 0 saturated heterocycles. The Morgan fingerprint density at radius 1 is 1.00 bits per heavy atom. The first kappa shape index (κ1) is 26.8. The molecule has 2 amide bonds. The summed E-state index contributed by atoms with van der Waals surface area (Å²) >= 11 is 5.74. The van der Waals surface area contributed by atoms with E-state index in [-0.39, 0.29) is 30.3 Å². The van der Waals surface area contributed by atoms with Crippen LogP contribution in [0.2, 0.25) is 5.02 Å². The second-order valence-electron chi connectivity index (χ2n) is 8.80. The topological polar surface area (TPSA) is 124 Å². The van der Waals surface area contributed by atoms with Crippen LogP contribution >= 0.6 is 11.6 Å². The molecule has 0 fully saturated rings. The molecule has 1 atom stereocenters. The SMILES string of the molecule is O=C(O)CC(NC(=O)CNC(=O)CCCc1nc2ccccc2[nH]1)c1ccc(-c2ccc(Cl)c(F)c2)cc1. The standard InChI is InChI=1S/C28H26ClFN4O4/c29-20-13-12-19(14-21(20)30)17-8-10-18(11-9-17)24(15-28(37)38)34-27(36)16-31-26(35)7-3-6-25-32-22-4-1-2-5-23(22)33-25/h1-2,4-5,8-14,24H,3,6-7,15-16H2,(H,31,35)(H,32,33)(H,34,36)(H,37,38). The summed E-state index contributed by atoms with van der Waals surface area (Å²) in [4.78, 5) is 43.8. The van der Waals surface area contributed by atoms with Crippen LogP contribution in [0.5, 0.6) is 0 Å². The fraction of sp³-hybridized carbons (Fsp3) is 0.214. The summed E-state index contributed by atoms with van der Waals surface area (Å²) in [6, 6.07) is 18.1. The third-order valence-corrected chi connectivity index (χ3v) is 6.29. The fourth-order valence-corrected chi connectivity index (χ4v) is 4.18. The van der Waals surface area contributed by atoms with Crippen LogP contribution < -0.4 is 10.6 Å². The predicted octanol–water partition coefficient (Wildman–Crippen LogP) is 4.79. The molecule has 0 aliphatic rings. The molecule has 4 aromatic rings. The zero-order valence-electron chi connectivity index (χ0n) is 20.3. The lowest BCUT2D eigenvalue weighted by Crippen LogP contribution is -2.39. The summed E-state index contributed by atoms with van der Waals surface area (Å²) in [5.74, 6) is -1.63. The molecule has 1 unspecified atom stereocenters. The molecule has 4 N–H and O–H groups in total. The molecular formula is C28H26ClFN4O4. The molecule has 8 nitrogen and oxygen atoms in total. The van der Waals surface area contributed by atoms with Crippen LogP contribution in [0.25, 0.3) is 22.2 Å². The number of para-hydroxylation sites is 2. The monoisotopic (exact) mass is 536 g/mol. The van der Waals surface area contributed by atoms with Crippen LogP contribution in [0.15, 0.2) is 66.7 Å². The van der Waals surface area contributed by atoms with Crippen LogP contribution in [-0.4, -0.2) is 39.4 Å². The van der Waals surface area contributed by atoms with E-state index >= 15 is 0 Å². The number of rotatable bonds is 11. The first-order valence-corrected chi connectivity index (χ1v) is 12.4. The van der Waals surface area contributed by atoms with Gasteiger partial charge in [-0.3, -0.25) is 14.4 Å². The van der Waals surface area contributed by atoms with Gasteiger partial charge in [0.05, 0.1) is 35.1 Å². The van der Waals surface area contributed by atoms with E-state index in [4.69, 9.17) is 11.6 Å². The number of nitrogens with one attached hydrogen (secondary N) is 3. The Kier molecular flexibility index (Phi) is 8.70. The number of amides is 2. The highest BCUT2D eigenvalue weighted by Crippen LogP contribution is 2.26. The highest BCUT2D eigenvalue weighted by molar-refractivity contribution is 6.30. The highest BCUT2D eigenvalue weighted by atomic mass is 35.5. The molecule has 0 radical (unpaired) electrons. The maximum atomic E-state index is 13.8. The van der Waals surface area contributed by atoms with E-state index < -0.39 is 23.7 Å². The smallest absolute Gasteiger partial charge is 0.305 e. The van der Waals surface area contributed by atoms with Crippen molar-refractivity contribution < 1.29 is 23.9 Å². The van der Waals surface area contributed by atoms with Crippen LogP contribution in [0.1, 0.15) is 36.7 Å². The van der Waals surface area contributed by atoms with Gasteiger partial charge in [0.15, 0.2) is 0 Å². The van der Waals surface area contributed by atoms with Gasteiger partial charge in [-0.1, -0.05) is 54.1 Å². The second-order valence-corrected chi connectivity index (χ2v) is 9.21. The van der Waals surface area contributed by atoms with Gasteiger partial charge in [-0.15, -0.1) is 0 Å². The van der Waals surface area contributed by atoms with E-state index in [0.29, 0.717) is 29.5 Å². The number of benzene rings is 3. The number of H-pyrrole nitrogens is 1. The van der Waals surface area contributed by atoms with Crippen LogP contribution in [0.4, 0.5) is 4.39 Å². The van der Waals surface area contributed by atoms with E-state index in [0.717, 1.165) is 16.9 Å². The van der Waals surface area contributed by atoms with Gasteiger partial charge in [-0.05, 0) is 47.4 Å². The zero-order chi connectivity index (χ0) is 27.1. The van der Waals surface area contributed by atoms with Gasteiger partial charge in [0, 0.05) is 12.8 Å². The second kappa shape index (κ2) is 12.3. The van der Waals surface area contributed by atoms with Gasteiger partial charge in [-0.25, -0.2) is 9.37 Å². The lowest BCUT2D eigenvalue weighted by Gasteiger charge is -2.18. The molecule has 38 heavy (non-hydrogen) atoms. The number of hydrogen-bond donors (Lipinski definition) is 4. The largest absolute Gasteiger partial charge is 0.481 e. The molecule has 0 spiro atoms. The molecule has 4 rings (SSSR count). The molecule has 3 aromatic carbocycles. The van der Waals surface area contributed by atoms with Crippen molar-refractivity contribution in [3.63, 3.8) is 0 Å². The van der Waals surface area contributed by atoms with E-state index in [1.54, 1.807) is 30.3 Å². The first-order chi connectivity index (χ1) is 18.3. The van der Waals surface area contributed by atoms with Gasteiger partial charge in [0.25, 0.3) is 0 Å². The molecule has 0 bridgehead atoms. The van der Waals surface area contributed by atoms with Crippen molar-refractivity contribution in [1.82, 2.24) is 20.6 Å². The van der Waals surface area contributed by atoms with E-state index in [2.05, 4.69) is 20.6 Å². The Hall–Kier alpha value is -4.24. The van der Waals surface area contributed by atoms with Gasteiger partial charge in [0.2, 0.25) is 11.8 Å². The van der Waals surface area contributed by atoms with Crippen molar-refractivity contribution in [2.45, 2.75) is 31.7 Å². The maximum Gasteiger partial charge on any atom is 0.305 e. The number of carbonyl (C=O) groups excluding carboxylic acids is 2. The predicted molar refractivity (Wildman–Crippen MR) is 142 cm³/mol. The summed E-state index contributed by atoms with van der Waals surface area (Å²) in [7, 11) is 0. The maximum absolute atomic E-state index is 13.8. The Morgan fingerprint density at radius 3 is 2.45 bits per heavy atom. The van der Waals surface area contributed by atoms with Gasteiger partial charge in [0.1, 0.15) is 11.6 Å². The number of aliphatic carboxylic acids is 1. The van der Waals surface area contributed by atoms with Crippen molar-refractivity contribution >= 4 is 40.4 Å². The lowest BCUT2D eigenvalue weighted by atomic mass is 9.99. The fourth-order valence-electron chi connectivity index (χ4n) is 4.06. The number of carbonyl (C=O) groups is 3. The molecule has 1 aromatic heterocycles. The lowest BCUT2D eigenvalue weighted by molar-refractivity contribution is -0.138. The third kappa shape index (κ3) is 7.17. The Bertz CT molecular complexity index is 1420. The normalized spacial score (nSPS) is 11.7. The number of aromatic amines is 1. The number of imidazole rings is 1. The van der Waals surface area contributed by atoms with E-state index in [1.807, 2.05) is 24.3 Å². The molecule has 196 valence electrons. The molecule has 0 saturated carbocycles. The average Bonchev–Trinajstić information content (AvgIpc) is 3.31. The Balaban J connectivity index is 1.28. The number of carboxylic acid groups (broad SMARTS) is 1. The summed E-state index contributed by atoms with van der Waals surface area (Å²) in [5.41, 5.74) is 3.69. The molecule has 0 aliphatic heterocycles. The van der Waals surface area contributed by atoms with Crippen molar-refractivity contribution in [2.24, 2.45) is 0 Å². The number of aryl methyl sites for hydroxylation is 1. The van der Waals surface area contributed by atoms with Gasteiger partial charge < -0.3 is 20.7 Å². The highest BCUT2D eigenvalue weighted by Gasteiger charge is 2.19.